The molecule has 0 amide bonds. The molecule has 0 spiro atoms. The molecular weight excluding hydrogens is 336 g/mol. The van der Waals surface area contributed by atoms with E-state index in [1.807, 2.05) is 13.0 Å². The van der Waals surface area contributed by atoms with E-state index in [-0.39, 0.29) is 0 Å². The summed E-state index contributed by atoms with van der Waals surface area (Å²) in [4.78, 5) is 12.0. The number of ether oxygens (including phenoxy) is 2. The first-order valence-electron chi connectivity index (χ1n) is 7.29. The molecule has 1 fully saturated rings. The molecule has 0 saturated heterocycles. The molecule has 0 unspecified atom stereocenters. The molecule has 0 bridgehead atoms. The number of benzene rings is 1. The van der Waals surface area contributed by atoms with Crippen LogP contribution in [0.4, 0.5) is 0 Å². The summed E-state index contributed by atoms with van der Waals surface area (Å²) in [6.07, 6.45) is 4.27. The van der Waals surface area contributed by atoms with E-state index in [4.69, 9.17) is 9.47 Å². The molecule has 21 heavy (non-hydrogen) atoms. The number of aliphatic carboxylic acids is 1. The first-order chi connectivity index (χ1) is 10.0. The van der Waals surface area contributed by atoms with Crippen molar-refractivity contribution in [2.24, 2.45) is 0 Å². The zero-order chi connectivity index (χ0) is 15.5. The van der Waals surface area contributed by atoms with Crippen LogP contribution in [0.15, 0.2) is 16.6 Å². The highest BCUT2D eigenvalue weighted by Crippen LogP contribution is 2.46. The molecule has 1 aromatic rings. The van der Waals surface area contributed by atoms with Crippen molar-refractivity contribution in [2.45, 2.75) is 44.4 Å². The van der Waals surface area contributed by atoms with Gasteiger partial charge in [-0.2, -0.15) is 0 Å². The summed E-state index contributed by atoms with van der Waals surface area (Å²) in [5.74, 6) is 0.501. The molecule has 0 aliphatic heterocycles. The third-order valence-electron chi connectivity index (χ3n) is 4.19. The van der Waals surface area contributed by atoms with Crippen molar-refractivity contribution in [3.8, 4) is 11.5 Å². The number of hydrogen-bond acceptors (Lipinski definition) is 3. The van der Waals surface area contributed by atoms with Gasteiger partial charge in [-0.3, -0.25) is 4.79 Å². The van der Waals surface area contributed by atoms with Crippen molar-refractivity contribution < 1.29 is 19.4 Å². The Bertz CT molecular complexity index is 521. The summed E-state index contributed by atoms with van der Waals surface area (Å²) in [5, 5.41) is 9.85. The molecule has 0 radical (unpaired) electrons. The Morgan fingerprint density at radius 1 is 1.29 bits per heavy atom. The van der Waals surface area contributed by atoms with Gasteiger partial charge in [0.1, 0.15) is 11.5 Å². The molecule has 4 nitrogen and oxygen atoms in total. The summed E-state index contributed by atoms with van der Waals surface area (Å²) >= 11 is 3.46. The first-order valence-corrected chi connectivity index (χ1v) is 8.08. The van der Waals surface area contributed by atoms with E-state index in [0.29, 0.717) is 30.9 Å². The maximum absolute atomic E-state index is 12.0. The number of rotatable bonds is 5. The highest BCUT2D eigenvalue weighted by Gasteiger charge is 2.43. The zero-order valence-corrected chi connectivity index (χ0v) is 14.0. The Morgan fingerprint density at radius 3 is 2.48 bits per heavy atom. The Hall–Kier alpha value is -1.23. The van der Waals surface area contributed by atoms with E-state index in [1.54, 1.807) is 13.2 Å². The van der Waals surface area contributed by atoms with Gasteiger partial charge in [0.25, 0.3) is 0 Å². The van der Waals surface area contributed by atoms with E-state index in [1.165, 1.54) is 0 Å². The zero-order valence-electron chi connectivity index (χ0n) is 12.4. The molecule has 5 heteroatoms. The lowest BCUT2D eigenvalue weighted by Crippen LogP contribution is -2.38. The molecule has 0 atom stereocenters. The Kier molecular flexibility index (Phi) is 5.14. The standard InChI is InChI=1S/C16H21BrO4/c1-3-21-13-10-14(20-2)12(17)9-11(13)16(15(18)19)7-5-4-6-8-16/h9-10H,3-8H2,1-2H3,(H,18,19). The summed E-state index contributed by atoms with van der Waals surface area (Å²) in [6.45, 7) is 2.39. The van der Waals surface area contributed by atoms with Crippen LogP contribution in [0.1, 0.15) is 44.6 Å². The molecule has 1 saturated carbocycles. The SMILES string of the molecule is CCOc1cc(OC)c(Br)cc1C1(C(=O)O)CCCCC1. The molecule has 116 valence electrons. The number of carboxylic acids is 1. The summed E-state index contributed by atoms with van der Waals surface area (Å²) in [6, 6.07) is 3.63. The Labute approximate surface area is 133 Å². The van der Waals surface area contributed by atoms with Crippen molar-refractivity contribution in [3.63, 3.8) is 0 Å². The third kappa shape index (κ3) is 3.03. The molecule has 1 aliphatic rings. The molecule has 0 heterocycles. The van der Waals surface area contributed by atoms with Crippen LogP contribution in [0.25, 0.3) is 0 Å². The number of carbonyl (C=O) groups is 1. The van der Waals surface area contributed by atoms with Crippen molar-refractivity contribution in [2.75, 3.05) is 13.7 Å². The fourth-order valence-corrected chi connectivity index (χ4v) is 3.60. The molecule has 1 aliphatic carbocycles. The Balaban J connectivity index is 2.58. The van der Waals surface area contributed by atoms with Crippen molar-refractivity contribution >= 4 is 21.9 Å². The van der Waals surface area contributed by atoms with Gasteiger partial charge in [0.2, 0.25) is 0 Å². The lowest BCUT2D eigenvalue weighted by Gasteiger charge is -2.35. The fraction of sp³-hybridized carbons (Fsp3) is 0.562. The van der Waals surface area contributed by atoms with E-state index < -0.39 is 11.4 Å². The molecule has 1 aromatic carbocycles. The highest BCUT2D eigenvalue weighted by atomic mass is 79.9. The van der Waals surface area contributed by atoms with Crippen LogP contribution in [-0.4, -0.2) is 24.8 Å². The van der Waals surface area contributed by atoms with Gasteiger partial charge in [-0.25, -0.2) is 0 Å². The molecule has 0 aromatic heterocycles. The predicted octanol–water partition coefficient (Wildman–Crippen LogP) is 4.14. The van der Waals surface area contributed by atoms with Gasteiger partial charge in [-0.1, -0.05) is 19.3 Å². The van der Waals surface area contributed by atoms with Gasteiger partial charge in [0.05, 0.1) is 23.6 Å². The second-order valence-corrected chi connectivity index (χ2v) is 6.22. The van der Waals surface area contributed by atoms with Crippen molar-refractivity contribution in [3.05, 3.63) is 22.2 Å². The van der Waals surface area contributed by atoms with E-state index >= 15 is 0 Å². The Morgan fingerprint density at radius 2 is 1.95 bits per heavy atom. The quantitative estimate of drug-likeness (QED) is 0.860. The fourth-order valence-electron chi connectivity index (χ4n) is 3.09. The lowest BCUT2D eigenvalue weighted by atomic mass is 9.69. The minimum atomic E-state index is -0.850. The van der Waals surface area contributed by atoms with Gasteiger partial charge in [0.15, 0.2) is 0 Å². The van der Waals surface area contributed by atoms with Gasteiger partial charge < -0.3 is 14.6 Å². The first kappa shape index (κ1) is 16.1. The van der Waals surface area contributed by atoms with Crippen LogP contribution < -0.4 is 9.47 Å². The minimum absolute atomic E-state index is 0.494. The molecule has 2 rings (SSSR count). The topological polar surface area (TPSA) is 55.8 Å². The number of hydrogen-bond donors (Lipinski definition) is 1. The second kappa shape index (κ2) is 6.69. The highest BCUT2D eigenvalue weighted by molar-refractivity contribution is 9.10. The predicted molar refractivity (Wildman–Crippen MR) is 84.3 cm³/mol. The summed E-state index contributed by atoms with van der Waals surface area (Å²) < 4.78 is 11.8. The van der Waals surface area contributed by atoms with E-state index in [9.17, 15) is 9.90 Å². The molecular formula is C16H21BrO4. The minimum Gasteiger partial charge on any atom is -0.495 e. The maximum Gasteiger partial charge on any atom is 0.314 e. The van der Waals surface area contributed by atoms with Crippen molar-refractivity contribution in [1.82, 2.24) is 0 Å². The van der Waals surface area contributed by atoms with E-state index in [2.05, 4.69) is 15.9 Å². The van der Waals surface area contributed by atoms with Crippen LogP contribution in [-0.2, 0) is 10.2 Å². The van der Waals surface area contributed by atoms with Crippen molar-refractivity contribution in [1.29, 1.82) is 0 Å². The summed E-state index contributed by atoms with van der Waals surface area (Å²) in [5.41, 5.74) is -0.0957. The maximum atomic E-state index is 12.0. The monoisotopic (exact) mass is 356 g/mol. The van der Waals surface area contributed by atoms with Crippen LogP contribution in [0.2, 0.25) is 0 Å². The average molecular weight is 357 g/mol. The normalized spacial score (nSPS) is 17.3. The van der Waals surface area contributed by atoms with Gasteiger partial charge in [0, 0.05) is 11.6 Å². The average Bonchev–Trinajstić information content (AvgIpc) is 2.49. The van der Waals surface area contributed by atoms with Crippen LogP contribution >= 0.6 is 15.9 Å². The van der Waals surface area contributed by atoms with Crippen LogP contribution in [0, 0.1) is 0 Å². The molecule has 1 N–H and O–H groups in total. The van der Waals surface area contributed by atoms with Crippen LogP contribution in [0.5, 0.6) is 11.5 Å². The second-order valence-electron chi connectivity index (χ2n) is 5.36. The van der Waals surface area contributed by atoms with Gasteiger partial charge in [-0.05, 0) is 41.8 Å². The largest absolute Gasteiger partial charge is 0.495 e. The van der Waals surface area contributed by atoms with Gasteiger partial charge >= 0.3 is 5.97 Å². The number of methoxy groups -OCH3 is 1. The lowest BCUT2D eigenvalue weighted by molar-refractivity contribution is -0.145. The smallest absolute Gasteiger partial charge is 0.314 e. The van der Waals surface area contributed by atoms with E-state index in [0.717, 1.165) is 29.3 Å². The third-order valence-corrected chi connectivity index (χ3v) is 4.81. The van der Waals surface area contributed by atoms with Crippen LogP contribution in [0.3, 0.4) is 0 Å². The number of carboxylic acid groups (broad SMARTS) is 1. The number of halogens is 1. The summed E-state index contributed by atoms with van der Waals surface area (Å²) in [7, 11) is 1.59. The van der Waals surface area contributed by atoms with Gasteiger partial charge in [-0.15, -0.1) is 0 Å².